The summed E-state index contributed by atoms with van der Waals surface area (Å²) in [6.07, 6.45) is 3.40. The molecule has 1 saturated heterocycles. The van der Waals surface area contributed by atoms with Gasteiger partial charge in [0.2, 0.25) is 10.0 Å². The monoisotopic (exact) mass is 322 g/mol. The lowest BCUT2D eigenvalue weighted by Gasteiger charge is -2.23. The predicted molar refractivity (Wildman–Crippen MR) is 74.0 cm³/mol. The van der Waals surface area contributed by atoms with Crippen molar-refractivity contribution < 1.29 is 21.6 Å². The maximum Gasteiger partial charge on any atom is 0.232 e. The van der Waals surface area contributed by atoms with Gasteiger partial charge in [-0.25, -0.2) is 21.6 Å². The van der Waals surface area contributed by atoms with E-state index in [0.29, 0.717) is 12.5 Å². The summed E-state index contributed by atoms with van der Waals surface area (Å²) < 4.78 is 65.0. The lowest BCUT2D eigenvalue weighted by molar-refractivity contribution is 0.393. The Hall–Kier alpha value is -1.28. The first kappa shape index (κ1) is 16.1. The summed E-state index contributed by atoms with van der Waals surface area (Å²) in [4.78, 5) is 0. The SMILES string of the molecule is O=S(=O)(CCC1CCCCN1)Nc1ccc(F)c(F)c1F. The normalized spacial score (nSPS) is 19.5. The molecule has 1 heterocycles. The maximum atomic E-state index is 13.4. The summed E-state index contributed by atoms with van der Waals surface area (Å²) in [6, 6.07) is 1.66. The number of piperidine rings is 1. The second kappa shape index (κ2) is 6.65. The van der Waals surface area contributed by atoms with Gasteiger partial charge in [0.1, 0.15) is 0 Å². The lowest BCUT2D eigenvalue weighted by atomic mass is 10.0. The van der Waals surface area contributed by atoms with Gasteiger partial charge in [-0.05, 0) is 37.9 Å². The Morgan fingerprint density at radius 2 is 1.95 bits per heavy atom. The minimum absolute atomic E-state index is 0.116. The van der Waals surface area contributed by atoms with Crippen LogP contribution in [0.2, 0.25) is 0 Å². The van der Waals surface area contributed by atoms with Gasteiger partial charge in [-0.2, -0.15) is 0 Å². The van der Waals surface area contributed by atoms with Crippen LogP contribution in [0.3, 0.4) is 0 Å². The largest absolute Gasteiger partial charge is 0.314 e. The Morgan fingerprint density at radius 1 is 1.19 bits per heavy atom. The Balaban J connectivity index is 1.99. The van der Waals surface area contributed by atoms with Crippen LogP contribution in [0.1, 0.15) is 25.7 Å². The molecule has 1 unspecified atom stereocenters. The van der Waals surface area contributed by atoms with Crippen molar-refractivity contribution in [1.82, 2.24) is 5.32 Å². The first-order valence-electron chi connectivity index (χ1n) is 6.76. The molecule has 0 bridgehead atoms. The van der Waals surface area contributed by atoms with Crippen molar-refractivity contribution in [2.75, 3.05) is 17.0 Å². The number of benzene rings is 1. The molecule has 1 aliphatic heterocycles. The number of nitrogens with one attached hydrogen (secondary N) is 2. The summed E-state index contributed by atoms with van der Waals surface area (Å²) in [5, 5.41) is 3.21. The molecule has 0 aromatic heterocycles. The minimum atomic E-state index is -3.81. The second-order valence-electron chi connectivity index (χ2n) is 5.08. The highest BCUT2D eigenvalue weighted by molar-refractivity contribution is 7.92. The van der Waals surface area contributed by atoms with Gasteiger partial charge in [0, 0.05) is 6.04 Å². The van der Waals surface area contributed by atoms with Crippen LogP contribution in [0.25, 0.3) is 0 Å². The molecule has 8 heteroatoms. The van der Waals surface area contributed by atoms with Crippen molar-refractivity contribution in [3.05, 3.63) is 29.6 Å². The number of hydrogen-bond acceptors (Lipinski definition) is 3. The molecule has 0 amide bonds. The molecular formula is C13H17F3N2O2S. The number of rotatable bonds is 5. The molecule has 1 atom stereocenters. The van der Waals surface area contributed by atoms with Crippen LogP contribution in [0, 0.1) is 17.5 Å². The zero-order chi connectivity index (χ0) is 15.5. The molecule has 1 fully saturated rings. The second-order valence-corrected chi connectivity index (χ2v) is 6.92. The Labute approximate surface area is 121 Å². The summed E-state index contributed by atoms with van der Waals surface area (Å²) >= 11 is 0. The van der Waals surface area contributed by atoms with Crippen LogP contribution in [0.5, 0.6) is 0 Å². The van der Waals surface area contributed by atoms with E-state index >= 15 is 0 Å². The van der Waals surface area contributed by atoms with E-state index in [1.54, 1.807) is 0 Å². The van der Waals surface area contributed by atoms with E-state index in [-0.39, 0.29) is 11.8 Å². The van der Waals surface area contributed by atoms with E-state index < -0.39 is 33.2 Å². The van der Waals surface area contributed by atoms with E-state index in [2.05, 4.69) is 5.32 Å². The number of halogens is 3. The Morgan fingerprint density at radius 3 is 2.62 bits per heavy atom. The molecule has 21 heavy (non-hydrogen) atoms. The molecule has 4 nitrogen and oxygen atoms in total. The van der Waals surface area contributed by atoms with Gasteiger partial charge in [0.15, 0.2) is 17.5 Å². The third-order valence-electron chi connectivity index (χ3n) is 3.45. The van der Waals surface area contributed by atoms with Crippen molar-refractivity contribution in [3.8, 4) is 0 Å². The number of hydrogen-bond donors (Lipinski definition) is 2. The van der Waals surface area contributed by atoms with Gasteiger partial charge in [-0.1, -0.05) is 6.42 Å². The Bertz CT molecular complexity index is 602. The van der Waals surface area contributed by atoms with E-state index in [9.17, 15) is 21.6 Å². The molecule has 2 rings (SSSR count). The van der Waals surface area contributed by atoms with Gasteiger partial charge >= 0.3 is 0 Å². The van der Waals surface area contributed by atoms with Crippen molar-refractivity contribution >= 4 is 15.7 Å². The van der Waals surface area contributed by atoms with Crippen molar-refractivity contribution in [2.24, 2.45) is 0 Å². The van der Waals surface area contributed by atoms with Crippen LogP contribution in [0.4, 0.5) is 18.9 Å². The fourth-order valence-corrected chi connectivity index (χ4v) is 3.48. The fraction of sp³-hybridized carbons (Fsp3) is 0.538. The molecule has 2 N–H and O–H groups in total. The first-order valence-corrected chi connectivity index (χ1v) is 8.41. The molecule has 0 saturated carbocycles. The third kappa shape index (κ3) is 4.34. The van der Waals surface area contributed by atoms with Gasteiger partial charge in [0.05, 0.1) is 11.4 Å². The third-order valence-corrected chi connectivity index (χ3v) is 4.75. The molecule has 118 valence electrons. The molecule has 0 radical (unpaired) electrons. The van der Waals surface area contributed by atoms with Crippen LogP contribution < -0.4 is 10.0 Å². The maximum absolute atomic E-state index is 13.4. The minimum Gasteiger partial charge on any atom is -0.314 e. The molecule has 1 aliphatic rings. The van der Waals surface area contributed by atoms with Gasteiger partial charge in [-0.15, -0.1) is 0 Å². The van der Waals surface area contributed by atoms with Crippen LogP contribution in [0.15, 0.2) is 12.1 Å². The highest BCUT2D eigenvalue weighted by Gasteiger charge is 2.20. The van der Waals surface area contributed by atoms with Gasteiger partial charge in [0.25, 0.3) is 0 Å². The molecule has 0 spiro atoms. The highest BCUT2D eigenvalue weighted by atomic mass is 32.2. The summed E-state index contributed by atoms with van der Waals surface area (Å²) in [5.74, 6) is -4.79. The standard InChI is InChI=1S/C13H17F3N2O2S/c14-10-4-5-11(13(16)12(10)15)18-21(19,20)8-6-9-3-1-2-7-17-9/h4-5,9,17-18H,1-3,6-8H2. The van der Waals surface area contributed by atoms with Crippen molar-refractivity contribution in [3.63, 3.8) is 0 Å². The topological polar surface area (TPSA) is 58.2 Å². The van der Waals surface area contributed by atoms with Gasteiger partial charge < -0.3 is 5.32 Å². The van der Waals surface area contributed by atoms with Gasteiger partial charge in [-0.3, -0.25) is 4.72 Å². The zero-order valence-electron chi connectivity index (χ0n) is 11.3. The molecule has 1 aromatic rings. The van der Waals surface area contributed by atoms with E-state index in [1.165, 1.54) is 0 Å². The highest BCUT2D eigenvalue weighted by Crippen LogP contribution is 2.21. The van der Waals surface area contributed by atoms with Crippen molar-refractivity contribution in [2.45, 2.75) is 31.7 Å². The summed E-state index contributed by atoms with van der Waals surface area (Å²) in [7, 11) is -3.81. The lowest BCUT2D eigenvalue weighted by Crippen LogP contribution is -2.36. The Kier molecular flexibility index (Phi) is 5.10. The zero-order valence-corrected chi connectivity index (χ0v) is 12.1. The van der Waals surface area contributed by atoms with Crippen LogP contribution >= 0.6 is 0 Å². The average molecular weight is 322 g/mol. The average Bonchev–Trinajstić information content (AvgIpc) is 2.47. The molecule has 0 aliphatic carbocycles. The smallest absolute Gasteiger partial charge is 0.232 e. The molecular weight excluding hydrogens is 305 g/mol. The van der Waals surface area contributed by atoms with Crippen LogP contribution in [-0.4, -0.2) is 26.8 Å². The summed E-state index contributed by atoms with van der Waals surface area (Å²) in [5.41, 5.74) is -0.578. The number of anilines is 1. The van der Waals surface area contributed by atoms with Crippen molar-refractivity contribution in [1.29, 1.82) is 0 Å². The predicted octanol–water partition coefficient (Wildman–Crippen LogP) is 2.38. The van der Waals surface area contributed by atoms with Crippen LogP contribution in [-0.2, 0) is 10.0 Å². The fourth-order valence-electron chi connectivity index (χ4n) is 2.29. The first-order chi connectivity index (χ1) is 9.89. The summed E-state index contributed by atoms with van der Waals surface area (Å²) in [6.45, 7) is 0.857. The van der Waals surface area contributed by atoms with E-state index in [0.717, 1.165) is 31.9 Å². The van der Waals surface area contributed by atoms with E-state index in [4.69, 9.17) is 0 Å². The quantitative estimate of drug-likeness (QED) is 0.818. The van der Waals surface area contributed by atoms with E-state index in [1.807, 2.05) is 4.72 Å². The molecule has 1 aromatic carbocycles. The number of sulfonamides is 1.